The molecule has 0 spiro atoms. The summed E-state index contributed by atoms with van der Waals surface area (Å²) in [5, 5.41) is 4.87. The van der Waals surface area contributed by atoms with Crippen LogP contribution in [0.4, 0.5) is 0 Å². The average molecular weight is 272 g/mol. The highest BCUT2D eigenvalue weighted by atomic mass is 16.5. The standard InChI is InChI=1S/C16H20N2O2/c1-17-10-11-2-3-13(8-11)20-14-4-5-15-12(9-14)6-7-18-16(15)19/h4-7,9,11,13,17H,2-3,8,10H2,1H3,(H,18,19)/t11-,13+/m1/s1. The zero-order valence-electron chi connectivity index (χ0n) is 11.7. The van der Waals surface area contributed by atoms with E-state index in [0.717, 1.165) is 30.5 Å². The van der Waals surface area contributed by atoms with Crippen LogP contribution in [0.15, 0.2) is 35.3 Å². The van der Waals surface area contributed by atoms with Gasteiger partial charge in [-0.2, -0.15) is 0 Å². The number of hydrogen-bond acceptors (Lipinski definition) is 3. The average Bonchev–Trinajstić information content (AvgIpc) is 2.87. The molecule has 2 atom stereocenters. The molecule has 0 aliphatic heterocycles. The highest BCUT2D eigenvalue weighted by molar-refractivity contribution is 5.82. The van der Waals surface area contributed by atoms with Gasteiger partial charge in [0.1, 0.15) is 5.75 Å². The van der Waals surface area contributed by atoms with Gasteiger partial charge in [-0.1, -0.05) is 0 Å². The van der Waals surface area contributed by atoms with Gasteiger partial charge in [0.15, 0.2) is 0 Å². The van der Waals surface area contributed by atoms with Gasteiger partial charge in [-0.25, -0.2) is 0 Å². The Morgan fingerprint density at radius 3 is 3.10 bits per heavy atom. The third-order valence-electron chi connectivity index (χ3n) is 4.03. The van der Waals surface area contributed by atoms with Crippen molar-refractivity contribution in [2.24, 2.45) is 5.92 Å². The van der Waals surface area contributed by atoms with Crippen LogP contribution in [0, 0.1) is 5.92 Å². The number of benzene rings is 1. The summed E-state index contributed by atoms with van der Waals surface area (Å²) in [7, 11) is 2.00. The molecule has 1 aromatic carbocycles. The first-order chi connectivity index (χ1) is 9.76. The molecule has 106 valence electrons. The number of aromatic amines is 1. The van der Waals surface area contributed by atoms with E-state index in [-0.39, 0.29) is 5.56 Å². The van der Waals surface area contributed by atoms with Crippen molar-refractivity contribution in [1.29, 1.82) is 0 Å². The number of hydrogen-bond donors (Lipinski definition) is 2. The van der Waals surface area contributed by atoms with E-state index in [9.17, 15) is 4.79 Å². The van der Waals surface area contributed by atoms with Gasteiger partial charge in [0.05, 0.1) is 6.10 Å². The number of fused-ring (bicyclic) bond motifs is 1. The minimum atomic E-state index is -0.0519. The second-order valence-corrected chi connectivity index (χ2v) is 5.53. The van der Waals surface area contributed by atoms with Crippen LogP contribution >= 0.6 is 0 Å². The number of ether oxygens (including phenoxy) is 1. The molecule has 1 aliphatic carbocycles. The maximum absolute atomic E-state index is 11.6. The van der Waals surface area contributed by atoms with Gasteiger partial charge in [0.2, 0.25) is 0 Å². The molecule has 0 unspecified atom stereocenters. The Morgan fingerprint density at radius 2 is 2.25 bits per heavy atom. The smallest absolute Gasteiger partial charge is 0.255 e. The lowest BCUT2D eigenvalue weighted by Gasteiger charge is -2.14. The van der Waals surface area contributed by atoms with Gasteiger partial charge < -0.3 is 15.0 Å². The van der Waals surface area contributed by atoms with Crippen molar-refractivity contribution in [3.8, 4) is 5.75 Å². The normalized spacial score (nSPS) is 22.2. The van der Waals surface area contributed by atoms with Crippen molar-refractivity contribution in [2.75, 3.05) is 13.6 Å². The Kier molecular flexibility index (Phi) is 3.74. The molecule has 2 aromatic rings. The molecule has 2 N–H and O–H groups in total. The monoisotopic (exact) mass is 272 g/mol. The third-order valence-corrected chi connectivity index (χ3v) is 4.03. The lowest BCUT2D eigenvalue weighted by atomic mass is 10.1. The minimum Gasteiger partial charge on any atom is -0.490 e. The highest BCUT2D eigenvalue weighted by Gasteiger charge is 2.25. The summed E-state index contributed by atoms with van der Waals surface area (Å²) in [5.41, 5.74) is -0.0519. The predicted octanol–water partition coefficient (Wildman–Crippen LogP) is 2.29. The second kappa shape index (κ2) is 5.67. The maximum Gasteiger partial charge on any atom is 0.255 e. The molecular weight excluding hydrogens is 252 g/mol. The second-order valence-electron chi connectivity index (χ2n) is 5.53. The Balaban J connectivity index is 1.74. The van der Waals surface area contributed by atoms with E-state index in [1.165, 1.54) is 6.42 Å². The van der Waals surface area contributed by atoms with E-state index in [1.807, 2.05) is 31.3 Å². The van der Waals surface area contributed by atoms with Crippen LogP contribution in [-0.2, 0) is 0 Å². The number of H-pyrrole nitrogens is 1. The lowest BCUT2D eigenvalue weighted by Crippen LogP contribution is -2.18. The Labute approximate surface area is 118 Å². The zero-order valence-corrected chi connectivity index (χ0v) is 11.7. The first kappa shape index (κ1) is 13.2. The molecule has 1 aromatic heterocycles. The number of nitrogens with one attached hydrogen (secondary N) is 2. The summed E-state index contributed by atoms with van der Waals surface area (Å²) >= 11 is 0. The third kappa shape index (κ3) is 2.70. The number of pyridine rings is 1. The fourth-order valence-electron chi connectivity index (χ4n) is 3.05. The summed E-state index contributed by atoms with van der Waals surface area (Å²) in [4.78, 5) is 14.3. The first-order valence-corrected chi connectivity index (χ1v) is 7.19. The van der Waals surface area contributed by atoms with Crippen LogP contribution in [-0.4, -0.2) is 24.7 Å². The van der Waals surface area contributed by atoms with Gasteiger partial charge in [0.25, 0.3) is 5.56 Å². The van der Waals surface area contributed by atoms with E-state index in [4.69, 9.17) is 4.74 Å². The lowest BCUT2D eigenvalue weighted by molar-refractivity contribution is 0.204. The van der Waals surface area contributed by atoms with Gasteiger partial charge in [-0.3, -0.25) is 4.79 Å². The van der Waals surface area contributed by atoms with Crippen LogP contribution in [0.3, 0.4) is 0 Å². The molecule has 20 heavy (non-hydrogen) atoms. The van der Waals surface area contributed by atoms with E-state index >= 15 is 0 Å². The zero-order chi connectivity index (χ0) is 13.9. The van der Waals surface area contributed by atoms with Crippen LogP contribution in [0.1, 0.15) is 19.3 Å². The van der Waals surface area contributed by atoms with Crippen LogP contribution in [0.25, 0.3) is 10.8 Å². The Hall–Kier alpha value is -1.81. The van der Waals surface area contributed by atoms with E-state index in [0.29, 0.717) is 17.4 Å². The fourth-order valence-corrected chi connectivity index (χ4v) is 3.05. The first-order valence-electron chi connectivity index (χ1n) is 7.19. The molecule has 1 heterocycles. The van der Waals surface area contributed by atoms with Gasteiger partial charge in [0, 0.05) is 11.6 Å². The number of aromatic nitrogens is 1. The fraction of sp³-hybridized carbons (Fsp3) is 0.438. The Bertz CT molecular complexity index is 650. The van der Waals surface area contributed by atoms with Gasteiger partial charge in [-0.15, -0.1) is 0 Å². The van der Waals surface area contributed by atoms with Crippen LogP contribution < -0.4 is 15.6 Å². The highest BCUT2D eigenvalue weighted by Crippen LogP contribution is 2.29. The van der Waals surface area contributed by atoms with Crippen molar-refractivity contribution in [3.63, 3.8) is 0 Å². The van der Waals surface area contributed by atoms with Gasteiger partial charge >= 0.3 is 0 Å². The molecule has 4 heteroatoms. The van der Waals surface area contributed by atoms with Gasteiger partial charge in [-0.05, 0) is 68.4 Å². The molecule has 0 amide bonds. The predicted molar refractivity (Wildman–Crippen MR) is 80.3 cm³/mol. The molecule has 3 rings (SSSR count). The summed E-state index contributed by atoms with van der Waals surface area (Å²) in [6, 6.07) is 7.59. The molecule has 0 saturated heterocycles. The van der Waals surface area contributed by atoms with Crippen molar-refractivity contribution in [2.45, 2.75) is 25.4 Å². The summed E-state index contributed by atoms with van der Waals surface area (Å²) in [6.45, 7) is 1.06. The van der Waals surface area contributed by atoms with Crippen molar-refractivity contribution >= 4 is 10.8 Å². The summed E-state index contributed by atoms with van der Waals surface area (Å²) in [6.07, 6.45) is 5.41. The quantitative estimate of drug-likeness (QED) is 0.898. The molecule has 1 fully saturated rings. The Morgan fingerprint density at radius 1 is 1.35 bits per heavy atom. The van der Waals surface area contributed by atoms with E-state index in [2.05, 4.69) is 10.3 Å². The van der Waals surface area contributed by atoms with Crippen molar-refractivity contribution in [1.82, 2.24) is 10.3 Å². The summed E-state index contributed by atoms with van der Waals surface area (Å²) in [5.74, 6) is 1.58. The molecule has 0 radical (unpaired) electrons. The van der Waals surface area contributed by atoms with E-state index < -0.39 is 0 Å². The minimum absolute atomic E-state index is 0.0519. The molecule has 1 saturated carbocycles. The topological polar surface area (TPSA) is 54.1 Å². The number of rotatable bonds is 4. The van der Waals surface area contributed by atoms with Crippen LogP contribution in [0.2, 0.25) is 0 Å². The van der Waals surface area contributed by atoms with E-state index in [1.54, 1.807) is 6.20 Å². The van der Waals surface area contributed by atoms with Crippen molar-refractivity contribution < 1.29 is 4.74 Å². The van der Waals surface area contributed by atoms with Crippen molar-refractivity contribution in [3.05, 3.63) is 40.8 Å². The SMILES string of the molecule is CNC[C@@H]1CC[C@H](Oc2ccc3c(=O)[nH]ccc3c2)C1. The largest absolute Gasteiger partial charge is 0.490 e. The van der Waals surface area contributed by atoms with Crippen LogP contribution in [0.5, 0.6) is 5.75 Å². The summed E-state index contributed by atoms with van der Waals surface area (Å²) < 4.78 is 6.06. The molecule has 1 aliphatic rings. The maximum atomic E-state index is 11.6. The molecule has 0 bridgehead atoms. The molecule has 4 nitrogen and oxygen atoms in total. The molecular formula is C16H20N2O2.